The fourth-order valence-electron chi connectivity index (χ4n) is 2.07. The Bertz CT molecular complexity index is 407. The van der Waals surface area contributed by atoms with Crippen molar-refractivity contribution in [2.45, 2.75) is 32.4 Å². The Morgan fingerprint density at radius 1 is 1.33 bits per heavy atom. The molecule has 2 heterocycles. The smallest absolute Gasteiger partial charge is 0.139 e. The molecule has 18 heavy (non-hydrogen) atoms. The summed E-state index contributed by atoms with van der Waals surface area (Å²) in [5.41, 5.74) is 0.927. The van der Waals surface area contributed by atoms with E-state index in [9.17, 15) is 0 Å². The first-order valence-electron chi connectivity index (χ1n) is 6.22. The molecule has 1 aromatic heterocycles. The molecule has 1 saturated heterocycles. The summed E-state index contributed by atoms with van der Waals surface area (Å²) in [5.74, 6) is 1.48. The molecule has 0 spiro atoms. The van der Waals surface area contributed by atoms with Crippen LogP contribution in [0.2, 0.25) is 5.15 Å². The van der Waals surface area contributed by atoms with E-state index in [2.05, 4.69) is 20.6 Å². The predicted molar refractivity (Wildman–Crippen MR) is 72.0 cm³/mol. The summed E-state index contributed by atoms with van der Waals surface area (Å²) < 4.78 is 5.33. The van der Waals surface area contributed by atoms with Gasteiger partial charge in [-0.2, -0.15) is 0 Å². The molecule has 0 aliphatic carbocycles. The van der Waals surface area contributed by atoms with E-state index in [0.717, 1.165) is 37.4 Å². The molecule has 2 rings (SSSR count). The lowest BCUT2D eigenvalue weighted by Crippen LogP contribution is -2.34. The number of nitrogens with one attached hydrogen (secondary N) is 2. The zero-order valence-electron chi connectivity index (χ0n) is 10.8. The fourth-order valence-corrected chi connectivity index (χ4v) is 2.35. The van der Waals surface area contributed by atoms with Gasteiger partial charge >= 0.3 is 0 Å². The van der Waals surface area contributed by atoms with Gasteiger partial charge in [-0.25, -0.2) is 9.97 Å². The third-order valence-corrected chi connectivity index (χ3v) is 3.41. The van der Waals surface area contributed by atoms with Crippen LogP contribution in [0.5, 0.6) is 0 Å². The lowest BCUT2D eigenvalue weighted by atomic mass is 10.1. The number of rotatable bonds is 4. The van der Waals surface area contributed by atoms with Crippen LogP contribution in [-0.2, 0) is 11.3 Å². The molecule has 6 heteroatoms. The summed E-state index contributed by atoms with van der Waals surface area (Å²) >= 11 is 6.18. The summed E-state index contributed by atoms with van der Waals surface area (Å²) in [6.07, 6.45) is 2.08. The first-order valence-corrected chi connectivity index (χ1v) is 6.60. The number of hydrogen-bond donors (Lipinski definition) is 2. The van der Waals surface area contributed by atoms with E-state index in [1.807, 2.05) is 14.0 Å². The van der Waals surface area contributed by atoms with Crippen molar-refractivity contribution in [3.63, 3.8) is 0 Å². The number of anilines is 1. The maximum absolute atomic E-state index is 6.18. The molecule has 100 valence electrons. The number of hydrogen-bond acceptors (Lipinski definition) is 5. The van der Waals surface area contributed by atoms with E-state index in [0.29, 0.717) is 23.6 Å². The highest BCUT2D eigenvalue weighted by atomic mass is 35.5. The number of nitrogens with zero attached hydrogens (tertiary/aromatic N) is 2. The largest absolute Gasteiger partial charge is 0.381 e. The van der Waals surface area contributed by atoms with Gasteiger partial charge in [-0.05, 0) is 19.8 Å². The van der Waals surface area contributed by atoms with Gasteiger partial charge in [-0.3, -0.25) is 0 Å². The van der Waals surface area contributed by atoms with E-state index >= 15 is 0 Å². The molecule has 1 fully saturated rings. The Kier molecular flexibility index (Phi) is 4.74. The molecule has 1 aliphatic heterocycles. The van der Waals surface area contributed by atoms with Crippen LogP contribution >= 0.6 is 11.6 Å². The monoisotopic (exact) mass is 270 g/mol. The predicted octanol–water partition coefficient (Wildman–Crippen LogP) is 1.75. The average Bonchev–Trinajstić information content (AvgIpc) is 2.38. The lowest BCUT2D eigenvalue weighted by Gasteiger charge is -2.23. The number of aryl methyl sites for hydroxylation is 1. The molecule has 0 radical (unpaired) electrons. The van der Waals surface area contributed by atoms with Gasteiger partial charge in [0.25, 0.3) is 0 Å². The van der Waals surface area contributed by atoms with Gasteiger partial charge in [0.2, 0.25) is 0 Å². The second kappa shape index (κ2) is 6.31. The standard InChI is InChI=1S/C12H19ClN4O/c1-8-16-11(13)10(12(14-2)17-8)7-15-9-3-5-18-6-4-9/h9,15H,3-7H2,1-2H3,(H,14,16,17). The summed E-state index contributed by atoms with van der Waals surface area (Å²) in [5, 5.41) is 7.07. The lowest BCUT2D eigenvalue weighted by molar-refractivity contribution is 0.0776. The van der Waals surface area contributed by atoms with Gasteiger partial charge in [-0.15, -0.1) is 0 Å². The molecule has 0 saturated carbocycles. The quantitative estimate of drug-likeness (QED) is 0.817. The first-order chi connectivity index (χ1) is 8.70. The highest BCUT2D eigenvalue weighted by Gasteiger charge is 2.16. The van der Waals surface area contributed by atoms with Crippen molar-refractivity contribution >= 4 is 17.4 Å². The maximum Gasteiger partial charge on any atom is 0.139 e. The van der Waals surface area contributed by atoms with Crippen molar-refractivity contribution in [3.05, 3.63) is 16.5 Å². The van der Waals surface area contributed by atoms with E-state index < -0.39 is 0 Å². The van der Waals surface area contributed by atoms with Gasteiger partial charge in [-0.1, -0.05) is 11.6 Å². The SMILES string of the molecule is CNc1nc(C)nc(Cl)c1CNC1CCOCC1. The van der Waals surface area contributed by atoms with E-state index in [-0.39, 0.29) is 0 Å². The molecule has 5 nitrogen and oxygen atoms in total. The third kappa shape index (κ3) is 3.31. The first kappa shape index (κ1) is 13.5. The minimum atomic E-state index is 0.487. The van der Waals surface area contributed by atoms with Crippen LogP contribution in [0.25, 0.3) is 0 Å². The van der Waals surface area contributed by atoms with E-state index in [1.165, 1.54) is 0 Å². The van der Waals surface area contributed by atoms with Gasteiger partial charge in [0.05, 0.1) is 0 Å². The van der Waals surface area contributed by atoms with Crippen LogP contribution in [0, 0.1) is 6.92 Å². The maximum atomic E-state index is 6.18. The molecule has 0 unspecified atom stereocenters. The molecule has 0 amide bonds. The second-order valence-electron chi connectivity index (χ2n) is 4.41. The average molecular weight is 271 g/mol. The highest BCUT2D eigenvalue weighted by Crippen LogP contribution is 2.21. The topological polar surface area (TPSA) is 59.1 Å². The number of halogens is 1. The Morgan fingerprint density at radius 2 is 2.06 bits per heavy atom. The van der Waals surface area contributed by atoms with Crippen LogP contribution < -0.4 is 10.6 Å². The zero-order valence-corrected chi connectivity index (χ0v) is 11.5. The van der Waals surface area contributed by atoms with Crippen molar-refractivity contribution in [3.8, 4) is 0 Å². The van der Waals surface area contributed by atoms with Crippen LogP contribution in [0.3, 0.4) is 0 Å². The molecular weight excluding hydrogens is 252 g/mol. The molecule has 2 N–H and O–H groups in total. The van der Waals surface area contributed by atoms with Gasteiger partial charge in [0, 0.05) is 38.4 Å². The Hall–Kier alpha value is -0.910. The number of ether oxygens (including phenoxy) is 1. The summed E-state index contributed by atoms with van der Waals surface area (Å²) in [6, 6.07) is 0.487. The van der Waals surface area contributed by atoms with Crippen molar-refractivity contribution in [1.29, 1.82) is 0 Å². The highest BCUT2D eigenvalue weighted by molar-refractivity contribution is 6.30. The van der Waals surface area contributed by atoms with E-state index in [4.69, 9.17) is 16.3 Å². The second-order valence-corrected chi connectivity index (χ2v) is 4.76. The summed E-state index contributed by atoms with van der Waals surface area (Å²) in [7, 11) is 1.84. The minimum absolute atomic E-state index is 0.487. The fraction of sp³-hybridized carbons (Fsp3) is 0.667. The Balaban J connectivity index is 2.03. The summed E-state index contributed by atoms with van der Waals surface area (Å²) in [6.45, 7) is 4.17. The normalized spacial score (nSPS) is 16.8. The third-order valence-electron chi connectivity index (χ3n) is 3.09. The molecule has 1 aromatic rings. The Morgan fingerprint density at radius 3 is 2.72 bits per heavy atom. The van der Waals surface area contributed by atoms with Crippen molar-refractivity contribution in [2.75, 3.05) is 25.6 Å². The summed E-state index contributed by atoms with van der Waals surface area (Å²) in [4.78, 5) is 8.54. The molecule has 1 aliphatic rings. The zero-order chi connectivity index (χ0) is 13.0. The molecule has 0 bridgehead atoms. The number of aromatic nitrogens is 2. The Labute approximate surface area is 112 Å². The minimum Gasteiger partial charge on any atom is -0.381 e. The van der Waals surface area contributed by atoms with Crippen molar-refractivity contribution in [1.82, 2.24) is 15.3 Å². The van der Waals surface area contributed by atoms with Crippen molar-refractivity contribution in [2.24, 2.45) is 0 Å². The van der Waals surface area contributed by atoms with Crippen LogP contribution in [0.4, 0.5) is 5.82 Å². The molecule has 0 atom stereocenters. The molecular formula is C12H19ClN4O. The van der Waals surface area contributed by atoms with Gasteiger partial charge in [0.15, 0.2) is 0 Å². The van der Waals surface area contributed by atoms with Crippen LogP contribution in [0.1, 0.15) is 24.2 Å². The molecule has 0 aromatic carbocycles. The van der Waals surface area contributed by atoms with E-state index in [1.54, 1.807) is 0 Å². The van der Waals surface area contributed by atoms with Crippen LogP contribution in [0.15, 0.2) is 0 Å². The van der Waals surface area contributed by atoms with Crippen molar-refractivity contribution < 1.29 is 4.74 Å². The van der Waals surface area contributed by atoms with Gasteiger partial charge in [0.1, 0.15) is 16.8 Å². The van der Waals surface area contributed by atoms with Crippen LogP contribution in [-0.4, -0.2) is 36.3 Å². The van der Waals surface area contributed by atoms with Gasteiger partial charge < -0.3 is 15.4 Å².